The molecule has 0 unspecified atom stereocenters. The van der Waals surface area contributed by atoms with Crippen LogP contribution in [0.25, 0.3) is 0 Å². The molecule has 19 heavy (non-hydrogen) atoms. The van der Waals surface area contributed by atoms with Gasteiger partial charge in [-0.2, -0.15) is 0 Å². The fourth-order valence-corrected chi connectivity index (χ4v) is 1.95. The maximum Gasteiger partial charge on any atom is 0.173 e. The van der Waals surface area contributed by atoms with Gasteiger partial charge in [0.2, 0.25) is 0 Å². The van der Waals surface area contributed by atoms with Crippen LogP contribution in [0.2, 0.25) is 0 Å². The monoisotopic (exact) mass is 264 g/mol. The van der Waals surface area contributed by atoms with Crippen LogP contribution in [0.15, 0.2) is 17.3 Å². The first-order valence-electron chi connectivity index (χ1n) is 6.59. The van der Waals surface area contributed by atoms with E-state index in [-0.39, 0.29) is 5.84 Å². The second-order valence-corrected chi connectivity index (χ2v) is 5.45. The van der Waals surface area contributed by atoms with Crippen molar-refractivity contribution in [2.45, 2.75) is 40.7 Å². The molecule has 0 aliphatic heterocycles. The van der Waals surface area contributed by atoms with Gasteiger partial charge in [0.25, 0.3) is 0 Å². The first kappa shape index (κ1) is 15.3. The van der Waals surface area contributed by atoms with Crippen LogP contribution < -0.4 is 10.6 Å². The van der Waals surface area contributed by atoms with E-state index in [1.165, 1.54) is 0 Å². The molecule has 3 N–H and O–H groups in total. The quantitative estimate of drug-likeness (QED) is 0.370. The predicted molar refractivity (Wildman–Crippen MR) is 78.8 cm³/mol. The Kier molecular flexibility index (Phi) is 5.15. The van der Waals surface area contributed by atoms with Crippen LogP contribution in [-0.2, 0) is 0 Å². The summed E-state index contributed by atoms with van der Waals surface area (Å²) in [6, 6.07) is 4.01. The third-order valence-corrected chi connectivity index (χ3v) is 2.86. The third kappa shape index (κ3) is 3.84. The number of amidine groups is 1. The molecular formula is C14H24N4O. The lowest BCUT2D eigenvalue weighted by Crippen LogP contribution is -2.36. The third-order valence-electron chi connectivity index (χ3n) is 2.86. The second-order valence-electron chi connectivity index (χ2n) is 5.45. The van der Waals surface area contributed by atoms with Gasteiger partial charge in [0.15, 0.2) is 5.84 Å². The number of pyridine rings is 1. The van der Waals surface area contributed by atoms with Crippen molar-refractivity contribution < 1.29 is 5.21 Å². The number of aryl methyl sites for hydroxylation is 1. The zero-order chi connectivity index (χ0) is 14.6. The number of hydrogen-bond acceptors (Lipinski definition) is 4. The van der Waals surface area contributed by atoms with Crippen molar-refractivity contribution in [1.82, 2.24) is 4.98 Å². The average molecular weight is 264 g/mol. The van der Waals surface area contributed by atoms with E-state index in [2.05, 4.69) is 42.7 Å². The lowest BCUT2D eigenvalue weighted by atomic mass is 10.1. The van der Waals surface area contributed by atoms with E-state index in [0.29, 0.717) is 17.5 Å². The lowest BCUT2D eigenvalue weighted by Gasteiger charge is -2.31. The summed E-state index contributed by atoms with van der Waals surface area (Å²) in [5.41, 5.74) is 7.33. The average Bonchev–Trinajstić information content (AvgIpc) is 2.34. The van der Waals surface area contributed by atoms with Gasteiger partial charge in [0.05, 0.1) is 5.56 Å². The molecule has 0 spiro atoms. The number of oxime groups is 1. The number of anilines is 1. The highest BCUT2D eigenvalue weighted by molar-refractivity contribution is 6.01. The fraction of sp³-hybridized carbons (Fsp3) is 0.571. The van der Waals surface area contributed by atoms with Crippen molar-refractivity contribution >= 4 is 11.7 Å². The Morgan fingerprint density at radius 3 is 2.47 bits per heavy atom. The molecule has 1 heterocycles. The molecule has 0 bridgehead atoms. The topological polar surface area (TPSA) is 74.7 Å². The Balaban J connectivity index is 3.31. The van der Waals surface area contributed by atoms with Crippen LogP contribution in [-0.4, -0.2) is 28.6 Å². The Morgan fingerprint density at radius 2 is 2.00 bits per heavy atom. The molecule has 0 aliphatic rings. The summed E-state index contributed by atoms with van der Waals surface area (Å²) < 4.78 is 0. The van der Waals surface area contributed by atoms with Crippen LogP contribution in [0.3, 0.4) is 0 Å². The van der Waals surface area contributed by atoms with Crippen LogP contribution in [0.1, 0.15) is 39.0 Å². The highest BCUT2D eigenvalue weighted by Gasteiger charge is 2.19. The van der Waals surface area contributed by atoms with Gasteiger partial charge >= 0.3 is 0 Å². The van der Waals surface area contributed by atoms with Crippen molar-refractivity contribution in [2.75, 3.05) is 11.4 Å². The predicted octanol–water partition coefficient (Wildman–Crippen LogP) is 2.36. The summed E-state index contributed by atoms with van der Waals surface area (Å²) in [6.45, 7) is 11.4. The summed E-state index contributed by atoms with van der Waals surface area (Å²) in [4.78, 5) is 6.76. The number of nitrogens with two attached hydrogens (primary N) is 1. The summed E-state index contributed by atoms with van der Waals surface area (Å²) in [5.74, 6) is 1.38. The van der Waals surface area contributed by atoms with Gasteiger partial charge in [-0.15, -0.1) is 0 Å². The van der Waals surface area contributed by atoms with E-state index in [1.807, 2.05) is 19.1 Å². The van der Waals surface area contributed by atoms with Crippen molar-refractivity contribution in [3.8, 4) is 0 Å². The second kappa shape index (κ2) is 6.41. The Bertz CT molecular complexity index is 455. The van der Waals surface area contributed by atoms with E-state index in [0.717, 1.165) is 18.1 Å². The molecule has 0 saturated heterocycles. The van der Waals surface area contributed by atoms with Gasteiger partial charge in [0, 0.05) is 18.3 Å². The lowest BCUT2D eigenvalue weighted by molar-refractivity contribution is 0.318. The Labute approximate surface area is 115 Å². The molecule has 0 amide bonds. The van der Waals surface area contributed by atoms with Crippen LogP contribution in [0.4, 0.5) is 5.82 Å². The molecule has 1 rings (SSSR count). The standard InChI is InChI=1S/C14H24N4O/c1-9(2)8-18(10(3)4)14-12(13(15)17-19)7-6-11(5)16-14/h6-7,9-10,19H,8H2,1-5H3,(H2,15,17). The number of hydrogen-bond donors (Lipinski definition) is 2. The van der Waals surface area contributed by atoms with Gasteiger partial charge in [-0.05, 0) is 38.8 Å². The van der Waals surface area contributed by atoms with E-state index in [9.17, 15) is 0 Å². The number of aromatic nitrogens is 1. The molecule has 5 heteroatoms. The van der Waals surface area contributed by atoms with Crippen molar-refractivity contribution in [3.63, 3.8) is 0 Å². The molecule has 0 radical (unpaired) electrons. The molecule has 0 fully saturated rings. The van der Waals surface area contributed by atoms with Crippen LogP contribution in [0.5, 0.6) is 0 Å². The van der Waals surface area contributed by atoms with Gasteiger partial charge in [0.1, 0.15) is 5.82 Å². The maximum absolute atomic E-state index is 8.90. The number of nitrogens with zero attached hydrogens (tertiary/aromatic N) is 3. The van der Waals surface area contributed by atoms with E-state index in [4.69, 9.17) is 10.9 Å². The molecule has 0 aliphatic carbocycles. The van der Waals surface area contributed by atoms with E-state index >= 15 is 0 Å². The maximum atomic E-state index is 8.90. The van der Waals surface area contributed by atoms with E-state index < -0.39 is 0 Å². The molecule has 0 saturated carbocycles. The molecule has 1 aromatic rings. The van der Waals surface area contributed by atoms with Crippen molar-refractivity contribution in [2.24, 2.45) is 16.8 Å². The Morgan fingerprint density at radius 1 is 1.37 bits per heavy atom. The SMILES string of the molecule is Cc1ccc(C(N)=NO)c(N(CC(C)C)C(C)C)n1. The minimum Gasteiger partial charge on any atom is -0.409 e. The minimum absolute atomic E-state index is 0.0944. The van der Waals surface area contributed by atoms with Crippen LogP contribution in [0, 0.1) is 12.8 Å². The van der Waals surface area contributed by atoms with E-state index in [1.54, 1.807) is 0 Å². The summed E-state index contributed by atoms with van der Waals surface area (Å²) in [5, 5.41) is 12.0. The minimum atomic E-state index is 0.0944. The Hall–Kier alpha value is -1.78. The van der Waals surface area contributed by atoms with Crippen LogP contribution >= 0.6 is 0 Å². The highest BCUT2D eigenvalue weighted by Crippen LogP contribution is 2.22. The molecule has 1 aromatic heterocycles. The highest BCUT2D eigenvalue weighted by atomic mass is 16.4. The first-order chi connectivity index (χ1) is 8.86. The largest absolute Gasteiger partial charge is 0.409 e. The van der Waals surface area contributed by atoms with Crippen molar-refractivity contribution in [3.05, 3.63) is 23.4 Å². The van der Waals surface area contributed by atoms with Crippen molar-refractivity contribution in [1.29, 1.82) is 0 Å². The molecule has 5 nitrogen and oxygen atoms in total. The summed E-state index contributed by atoms with van der Waals surface area (Å²) in [7, 11) is 0. The summed E-state index contributed by atoms with van der Waals surface area (Å²) >= 11 is 0. The van der Waals surface area contributed by atoms with Gasteiger partial charge in [-0.25, -0.2) is 4.98 Å². The smallest absolute Gasteiger partial charge is 0.173 e. The number of rotatable bonds is 5. The molecule has 106 valence electrons. The molecule has 0 atom stereocenters. The van der Waals surface area contributed by atoms with Gasteiger partial charge in [-0.3, -0.25) is 0 Å². The molecule has 0 aromatic carbocycles. The zero-order valence-electron chi connectivity index (χ0n) is 12.4. The molecular weight excluding hydrogens is 240 g/mol. The zero-order valence-corrected chi connectivity index (χ0v) is 12.4. The fourth-order valence-electron chi connectivity index (χ4n) is 1.95. The normalized spacial score (nSPS) is 12.3. The first-order valence-corrected chi connectivity index (χ1v) is 6.59. The summed E-state index contributed by atoms with van der Waals surface area (Å²) in [6.07, 6.45) is 0. The van der Waals surface area contributed by atoms with Gasteiger partial charge in [-0.1, -0.05) is 19.0 Å². The van der Waals surface area contributed by atoms with Gasteiger partial charge < -0.3 is 15.8 Å².